The molecule has 0 unspecified atom stereocenters. The lowest BCUT2D eigenvalue weighted by Gasteiger charge is -2.14. The van der Waals surface area contributed by atoms with Gasteiger partial charge in [0, 0.05) is 0 Å². The van der Waals surface area contributed by atoms with Crippen molar-refractivity contribution in [2.45, 2.75) is 38.8 Å². The lowest BCUT2D eigenvalue weighted by atomic mass is 10.00. The van der Waals surface area contributed by atoms with Gasteiger partial charge in [-0.1, -0.05) is 105 Å². The molecule has 2 aromatic carbocycles. The first-order chi connectivity index (χ1) is 10.3. The number of hydrogen-bond donors (Lipinski definition) is 0. The van der Waals surface area contributed by atoms with E-state index in [9.17, 15) is 0 Å². The maximum absolute atomic E-state index is 4.25. The van der Waals surface area contributed by atoms with Gasteiger partial charge in [-0.3, -0.25) is 0 Å². The van der Waals surface area contributed by atoms with Crippen molar-refractivity contribution in [3.63, 3.8) is 0 Å². The predicted molar refractivity (Wildman–Crippen MR) is 96.6 cm³/mol. The Balaban J connectivity index is 2.16. The zero-order valence-corrected chi connectivity index (χ0v) is 14.2. The second-order valence-electron chi connectivity index (χ2n) is 5.53. The van der Waals surface area contributed by atoms with E-state index in [1.54, 1.807) is 5.19 Å². The standard InChI is InChI=1S/C20H25Si/c1-4-15-21(16-5-2)20-13-11-19(12-14-20)17(3)18-9-7-6-8-10-18/h6-14H,3-5,15-16H2,1-2H3. The highest BCUT2D eigenvalue weighted by atomic mass is 28.3. The van der Waals surface area contributed by atoms with Crippen LogP contribution < -0.4 is 5.19 Å². The fraction of sp³-hybridized carbons (Fsp3) is 0.300. The molecule has 0 saturated heterocycles. The van der Waals surface area contributed by atoms with Gasteiger partial charge < -0.3 is 0 Å². The number of rotatable bonds is 7. The van der Waals surface area contributed by atoms with Crippen LogP contribution in [0.25, 0.3) is 5.57 Å². The molecule has 0 spiro atoms. The fourth-order valence-electron chi connectivity index (χ4n) is 2.73. The minimum Gasteiger partial charge on any atom is -0.0906 e. The van der Waals surface area contributed by atoms with Crippen LogP contribution in [0, 0.1) is 0 Å². The first kappa shape index (κ1) is 15.8. The third-order valence-corrected chi connectivity index (χ3v) is 7.22. The number of benzene rings is 2. The Morgan fingerprint density at radius 2 is 1.33 bits per heavy atom. The second-order valence-corrected chi connectivity index (χ2v) is 8.31. The molecule has 0 amide bonds. The second kappa shape index (κ2) is 7.99. The van der Waals surface area contributed by atoms with Gasteiger partial charge in [-0.15, -0.1) is 0 Å². The quantitative estimate of drug-likeness (QED) is 0.610. The molecule has 2 rings (SSSR count). The van der Waals surface area contributed by atoms with Crippen LogP contribution in [0.1, 0.15) is 37.8 Å². The molecule has 0 aromatic heterocycles. The summed E-state index contributed by atoms with van der Waals surface area (Å²) < 4.78 is 0. The van der Waals surface area contributed by atoms with Gasteiger partial charge in [0.05, 0.1) is 8.80 Å². The predicted octanol–water partition coefficient (Wildman–Crippen LogP) is 5.27. The van der Waals surface area contributed by atoms with Gasteiger partial charge in [-0.2, -0.15) is 0 Å². The van der Waals surface area contributed by atoms with Crippen LogP contribution in [0.4, 0.5) is 0 Å². The van der Waals surface area contributed by atoms with Crippen molar-refractivity contribution < 1.29 is 0 Å². The molecule has 0 aliphatic carbocycles. The molecule has 0 bridgehead atoms. The molecule has 0 nitrogen and oxygen atoms in total. The van der Waals surface area contributed by atoms with E-state index < -0.39 is 0 Å². The average molecular weight is 294 g/mol. The molecule has 0 heterocycles. The highest BCUT2D eigenvalue weighted by Crippen LogP contribution is 2.20. The summed E-state index contributed by atoms with van der Waals surface area (Å²) in [5.41, 5.74) is 3.55. The van der Waals surface area contributed by atoms with E-state index in [-0.39, 0.29) is 8.80 Å². The Morgan fingerprint density at radius 1 is 0.810 bits per heavy atom. The zero-order valence-electron chi connectivity index (χ0n) is 13.2. The molecule has 0 fully saturated rings. The van der Waals surface area contributed by atoms with Gasteiger partial charge >= 0.3 is 0 Å². The molecule has 21 heavy (non-hydrogen) atoms. The summed E-state index contributed by atoms with van der Waals surface area (Å²) in [4.78, 5) is 0. The summed E-state index contributed by atoms with van der Waals surface area (Å²) in [6.45, 7) is 8.85. The minimum atomic E-state index is -0.360. The first-order valence-corrected chi connectivity index (χ1v) is 9.87. The zero-order chi connectivity index (χ0) is 15.1. The summed E-state index contributed by atoms with van der Waals surface area (Å²) in [5.74, 6) is 0. The van der Waals surface area contributed by atoms with E-state index in [4.69, 9.17) is 0 Å². The van der Waals surface area contributed by atoms with Crippen LogP contribution in [-0.2, 0) is 0 Å². The molecule has 1 radical (unpaired) electrons. The molecule has 0 aliphatic rings. The van der Waals surface area contributed by atoms with Gasteiger partial charge in [0.2, 0.25) is 0 Å². The highest BCUT2D eigenvalue weighted by Gasteiger charge is 2.12. The Labute approximate surface area is 131 Å². The molecule has 0 N–H and O–H groups in total. The molecule has 0 aliphatic heterocycles. The smallest absolute Gasteiger partial charge is 0.0856 e. The summed E-state index contributed by atoms with van der Waals surface area (Å²) in [6.07, 6.45) is 2.60. The van der Waals surface area contributed by atoms with Gasteiger partial charge in [-0.25, -0.2) is 0 Å². The third-order valence-electron chi connectivity index (χ3n) is 3.87. The van der Waals surface area contributed by atoms with Crippen LogP contribution in [0.3, 0.4) is 0 Å². The van der Waals surface area contributed by atoms with Crippen LogP contribution in [0.5, 0.6) is 0 Å². The lowest BCUT2D eigenvalue weighted by Crippen LogP contribution is -2.29. The van der Waals surface area contributed by atoms with Crippen LogP contribution in [-0.4, -0.2) is 8.80 Å². The van der Waals surface area contributed by atoms with E-state index in [0.29, 0.717) is 0 Å². The molecule has 0 saturated carbocycles. The van der Waals surface area contributed by atoms with Crippen LogP contribution in [0.2, 0.25) is 12.1 Å². The maximum Gasteiger partial charge on any atom is 0.0856 e. The van der Waals surface area contributed by atoms with Crippen LogP contribution in [0.15, 0.2) is 61.2 Å². The van der Waals surface area contributed by atoms with Crippen molar-refractivity contribution in [2.24, 2.45) is 0 Å². The van der Waals surface area contributed by atoms with Gasteiger partial charge in [-0.05, 0) is 16.7 Å². The average Bonchev–Trinajstić information content (AvgIpc) is 2.55. The van der Waals surface area contributed by atoms with E-state index >= 15 is 0 Å². The van der Waals surface area contributed by atoms with Crippen molar-refractivity contribution in [2.75, 3.05) is 0 Å². The molecule has 109 valence electrons. The van der Waals surface area contributed by atoms with Gasteiger partial charge in [0.1, 0.15) is 0 Å². The molecule has 2 aromatic rings. The minimum absolute atomic E-state index is 0.360. The third kappa shape index (κ3) is 4.18. The SMILES string of the molecule is C=C(c1ccccc1)c1ccc([Si](CCC)CCC)cc1. The normalized spacial score (nSPS) is 10.8. The van der Waals surface area contributed by atoms with Gasteiger partial charge in [0.25, 0.3) is 0 Å². The largest absolute Gasteiger partial charge is 0.0906 e. The molecule has 0 atom stereocenters. The van der Waals surface area contributed by atoms with E-state index in [2.05, 4.69) is 69.0 Å². The van der Waals surface area contributed by atoms with Crippen molar-refractivity contribution in [1.82, 2.24) is 0 Å². The Bertz CT molecular complexity index is 548. The Kier molecular flexibility index (Phi) is 6.00. The summed E-state index contributed by atoms with van der Waals surface area (Å²) in [5, 5.41) is 1.58. The molecular formula is C20H25Si. The van der Waals surface area contributed by atoms with Crippen LogP contribution >= 0.6 is 0 Å². The summed E-state index contributed by atoms with van der Waals surface area (Å²) in [6, 6.07) is 22.4. The van der Waals surface area contributed by atoms with Crippen molar-refractivity contribution >= 4 is 19.6 Å². The Hall–Kier alpha value is -1.60. The van der Waals surface area contributed by atoms with E-state index in [0.717, 1.165) is 5.57 Å². The molecule has 1 heteroatoms. The lowest BCUT2D eigenvalue weighted by molar-refractivity contribution is 1.01. The van der Waals surface area contributed by atoms with Crippen molar-refractivity contribution in [3.05, 3.63) is 72.3 Å². The maximum atomic E-state index is 4.25. The summed E-state index contributed by atoms with van der Waals surface area (Å²) >= 11 is 0. The van der Waals surface area contributed by atoms with E-state index in [1.165, 1.54) is 36.1 Å². The fourth-order valence-corrected chi connectivity index (χ4v) is 5.40. The van der Waals surface area contributed by atoms with Gasteiger partial charge in [0.15, 0.2) is 0 Å². The van der Waals surface area contributed by atoms with E-state index in [1.807, 2.05) is 6.07 Å². The monoisotopic (exact) mass is 293 g/mol. The van der Waals surface area contributed by atoms with Crippen molar-refractivity contribution in [3.8, 4) is 0 Å². The van der Waals surface area contributed by atoms with Crippen molar-refractivity contribution in [1.29, 1.82) is 0 Å². The highest BCUT2D eigenvalue weighted by molar-refractivity contribution is 6.73. The number of hydrogen-bond acceptors (Lipinski definition) is 0. The Morgan fingerprint density at radius 3 is 1.86 bits per heavy atom. The molecular weight excluding hydrogens is 268 g/mol. The summed E-state index contributed by atoms with van der Waals surface area (Å²) in [7, 11) is -0.360. The topological polar surface area (TPSA) is 0 Å². The first-order valence-electron chi connectivity index (χ1n) is 7.96.